The van der Waals surface area contributed by atoms with Gasteiger partial charge in [0.2, 0.25) is 10.9 Å². The van der Waals surface area contributed by atoms with Crippen LogP contribution < -0.4 is 10.6 Å². The first-order chi connectivity index (χ1) is 13.0. The van der Waals surface area contributed by atoms with Gasteiger partial charge in [-0.05, 0) is 36.8 Å². The van der Waals surface area contributed by atoms with Gasteiger partial charge in [0.1, 0.15) is 10.8 Å². The number of rotatable bonds is 6. The number of nitrogens with zero attached hydrogens (tertiary/aromatic N) is 2. The number of aromatic nitrogens is 2. The Morgan fingerprint density at radius 3 is 2.63 bits per heavy atom. The third kappa shape index (κ3) is 5.18. The summed E-state index contributed by atoms with van der Waals surface area (Å²) >= 11 is 1.14. The molecule has 0 spiro atoms. The van der Waals surface area contributed by atoms with Crippen molar-refractivity contribution in [2.45, 2.75) is 19.8 Å². The van der Waals surface area contributed by atoms with Crippen molar-refractivity contribution in [1.82, 2.24) is 10.2 Å². The molecule has 0 fully saturated rings. The van der Waals surface area contributed by atoms with Crippen molar-refractivity contribution in [3.63, 3.8) is 0 Å². The molecule has 0 atom stereocenters. The fourth-order valence-electron chi connectivity index (χ4n) is 2.31. The number of benzene rings is 2. The molecule has 1 heterocycles. The molecular weight excluding hydrogens is 367 g/mol. The largest absolute Gasteiger partial charge is 0.326 e. The maximum absolute atomic E-state index is 13.3. The molecule has 0 bridgehead atoms. The van der Waals surface area contributed by atoms with E-state index in [-0.39, 0.29) is 23.2 Å². The molecule has 0 aliphatic heterocycles. The second kappa shape index (κ2) is 8.50. The van der Waals surface area contributed by atoms with Crippen molar-refractivity contribution < 1.29 is 14.0 Å². The summed E-state index contributed by atoms with van der Waals surface area (Å²) in [5.74, 6) is -1.01. The van der Waals surface area contributed by atoms with Gasteiger partial charge >= 0.3 is 0 Å². The number of hydrogen-bond donors (Lipinski definition) is 2. The van der Waals surface area contributed by atoms with E-state index in [1.807, 2.05) is 18.2 Å². The fraction of sp³-hybridized carbons (Fsp3) is 0.158. The van der Waals surface area contributed by atoms with Crippen LogP contribution in [-0.2, 0) is 11.2 Å². The lowest BCUT2D eigenvalue weighted by Crippen LogP contribution is -2.13. The van der Waals surface area contributed by atoms with Crippen LogP contribution in [0.25, 0.3) is 0 Å². The third-order valence-corrected chi connectivity index (χ3v) is 4.71. The van der Waals surface area contributed by atoms with Gasteiger partial charge < -0.3 is 10.6 Å². The Hall–Kier alpha value is -3.13. The van der Waals surface area contributed by atoms with Crippen LogP contribution in [0.5, 0.6) is 0 Å². The van der Waals surface area contributed by atoms with Gasteiger partial charge in [0.15, 0.2) is 0 Å². The van der Waals surface area contributed by atoms with Gasteiger partial charge in [-0.1, -0.05) is 35.6 Å². The number of hydrogen-bond acceptors (Lipinski definition) is 5. The molecule has 3 aromatic rings. The summed E-state index contributed by atoms with van der Waals surface area (Å²) in [6.07, 6.45) is 0.501. The topological polar surface area (TPSA) is 84.0 Å². The number of para-hydroxylation sites is 1. The lowest BCUT2D eigenvalue weighted by Gasteiger charge is -2.07. The van der Waals surface area contributed by atoms with E-state index in [9.17, 15) is 14.0 Å². The summed E-state index contributed by atoms with van der Waals surface area (Å²) in [4.78, 5) is 24.2. The fourth-order valence-corrected chi connectivity index (χ4v) is 3.05. The Labute approximate surface area is 159 Å². The predicted molar refractivity (Wildman–Crippen MR) is 102 cm³/mol. The Morgan fingerprint density at radius 1 is 1.07 bits per heavy atom. The lowest BCUT2D eigenvalue weighted by molar-refractivity contribution is -0.116. The quantitative estimate of drug-likeness (QED) is 0.677. The molecule has 2 amide bonds. The molecule has 27 heavy (non-hydrogen) atoms. The predicted octanol–water partition coefficient (Wildman–Crippen LogP) is 3.81. The summed E-state index contributed by atoms with van der Waals surface area (Å²) in [6.45, 7) is 1.79. The van der Waals surface area contributed by atoms with Crippen molar-refractivity contribution in [1.29, 1.82) is 0 Å². The zero-order valence-electron chi connectivity index (χ0n) is 14.5. The van der Waals surface area contributed by atoms with Gasteiger partial charge in [-0.3, -0.25) is 9.59 Å². The van der Waals surface area contributed by atoms with Gasteiger partial charge in [0.05, 0.1) is 0 Å². The van der Waals surface area contributed by atoms with Crippen LogP contribution >= 0.6 is 11.3 Å². The van der Waals surface area contributed by atoms with E-state index in [4.69, 9.17) is 0 Å². The SMILES string of the molecule is Cc1ccc(F)cc1NC(=O)CCc1nnc(C(=O)Nc2ccccc2)s1. The lowest BCUT2D eigenvalue weighted by atomic mass is 10.2. The second-order valence-corrected chi connectivity index (χ2v) is 6.89. The molecule has 0 radical (unpaired) electrons. The standard InChI is InChI=1S/C19H17FN4O2S/c1-12-7-8-13(20)11-15(12)22-16(25)9-10-17-23-24-19(27-17)18(26)21-14-5-3-2-4-6-14/h2-8,11H,9-10H2,1H3,(H,21,26)(H,22,25). The number of halogens is 1. The van der Waals surface area contributed by atoms with Crippen molar-refractivity contribution in [3.05, 3.63) is 69.9 Å². The first-order valence-electron chi connectivity index (χ1n) is 8.26. The zero-order valence-corrected chi connectivity index (χ0v) is 15.3. The molecule has 0 aliphatic carbocycles. The summed E-state index contributed by atoms with van der Waals surface area (Å²) in [5, 5.41) is 14.1. The maximum atomic E-state index is 13.3. The maximum Gasteiger partial charge on any atom is 0.286 e. The molecule has 6 nitrogen and oxygen atoms in total. The smallest absolute Gasteiger partial charge is 0.286 e. The summed E-state index contributed by atoms with van der Waals surface area (Å²) in [6, 6.07) is 13.3. The number of carbonyl (C=O) groups excluding carboxylic acids is 2. The van der Waals surface area contributed by atoms with Crippen LogP contribution in [0.4, 0.5) is 15.8 Å². The van der Waals surface area contributed by atoms with E-state index < -0.39 is 5.82 Å². The minimum atomic E-state index is -0.408. The van der Waals surface area contributed by atoms with Gasteiger partial charge in [-0.25, -0.2) is 4.39 Å². The number of aryl methyl sites for hydroxylation is 2. The second-order valence-electron chi connectivity index (χ2n) is 5.83. The van der Waals surface area contributed by atoms with Crippen molar-refractivity contribution in [3.8, 4) is 0 Å². The van der Waals surface area contributed by atoms with Crippen LogP contribution in [0.15, 0.2) is 48.5 Å². The Morgan fingerprint density at radius 2 is 1.85 bits per heavy atom. The first kappa shape index (κ1) is 18.7. The molecule has 0 aliphatic rings. The van der Waals surface area contributed by atoms with E-state index in [1.54, 1.807) is 25.1 Å². The molecule has 1 aromatic heterocycles. The van der Waals surface area contributed by atoms with E-state index in [2.05, 4.69) is 20.8 Å². The molecule has 138 valence electrons. The Balaban J connectivity index is 1.54. The molecule has 2 aromatic carbocycles. The van der Waals surface area contributed by atoms with E-state index in [0.29, 0.717) is 22.8 Å². The van der Waals surface area contributed by atoms with E-state index >= 15 is 0 Å². The summed E-state index contributed by atoms with van der Waals surface area (Å²) in [7, 11) is 0. The minimum absolute atomic E-state index is 0.158. The van der Waals surface area contributed by atoms with Gasteiger partial charge in [0, 0.05) is 24.2 Å². The van der Waals surface area contributed by atoms with Gasteiger partial charge in [-0.2, -0.15) is 0 Å². The van der Waals surface area contributed by atoms with Crippen LogP contribution in [0.1, 0.15) is 26.8 Å². The van der Waals surface area contributed by atoms with Crippen molar-refractivity contribution in [2.24, 2.45) is 0 Å². The molecule has 8 heteroatoms. The number of nitrogens with one attached hydrogen (secondary N) is 2. The van der Waals surface area contributed by atoms with Gasteiger partial charge in [0.25, 0.3) is 5.91 Å². The number of carbonyl (C=O) groups is 2. The highest BCUT2D eigenvalue weighted by molar-refractivity contribution is 7.13. The molecule has 0 unspecified atom stereocenters. The zero-order chi connectivity index (χ0) is 19.2. The van der Waals surface area contributed by atoms with Gasteiger partial charge in [-0.15, -0.1) is 10.2 Å². The average Bonchev–Trinajstić information content (AvgIpc) is 3.13. The van der Waals surface area contributed by atoms with Crippen LogP contribution in [0, 0.1) is 12.7 Å². The van der Waals surface area contributed by atoms with E-state index in [1.165, 1.54) is 12.1 Å². The van der Waals surface area contributed by atoms with Crippen molar-refractivity contribution >= 4 is 34.5 Å². The molecule has 2 N–H and O–H groups in total. The number of amides is 2. The van der Waals surface area contributed by atoms with Crippen LogP contribution in [-0.4, -0.2) is 22.0 Å². The average molecular weight is 384 g/mol. The highest BCUT2D eigenvalue weighted by Gasteiger charge is 2.14. The molecule has 0 saturated carbocycles. The third-order valence-electron chi connectivity index (χ3n) is 3.73. The highest BCUT2D eigenvalue weighted by Crippen LogP contribution is 2.18. The summed E-state index contributed by atoms with van der Waals surface area (Å²) in [5.41, 5.74) is 1.89. The molecule has 0 saturated heterocycles. The molecule has 3 rings (SSSR count). The Kier molecular flexibility index (Phi) is 5.87. The Bertz CT molecular complexity index is 959. The van der Waals surface area contributed by atoms with Crippen LogP contribution in [0.2, 0.25) is 0 Å². The molecular formula is C19H17FN4O2S. The minimum Gasteiger partial charge on any atom is -0.326 e. The first-order valence-corrected chi connectivity index (χ1v) is 9.08. The van der Waals surface area contributed by atoms with Crippen LogP contribution in [0.3, 0.4) is 0 Å². The van der Waals surface area contributed by atoms with Crippen molar-refractivity contribution in [2.75, 3.05) is 10.6 Å². The summed E-state index contributed by atoms with van der Waals surface area (Å²) < 4.78 is 13.3. The highest BCUT2D eigenvalue weighted by atomic mass is 32.1. The monoisotopic (exact) mass is 384 g/mol. The normalized spacial score (nSPS) is 10.4. The van der Waals surface area contributed by atoms with E-state index in [0.717, 1.165) is 16.9 Å². The number of anilines is 2.